The van der Waals surface area contributed by atoms with Crippen molar-refractivity contribution in [2.45, 2.75) is 27.0 Å². The summed E-state index contributed by atoms with van der Waals surface area (Å²) in [4.78, 5) is 25.6. The molecule has 0 bridgehead atoms. The van der Waals surface area contributed by atoms with Crippen molar-refractivity contribution in [3.8, 4) is 11.4 Å². The molecule has 0 amide bonds. The van der Waals surface area contributed by atoms with E-state index in [1.807, 2.05) is 13.0 Å². The summed E-state index contributed by atoms with van der Waals surface area (Å²) >= 11 is 0. The third-order valence-electron chi connectivity index (χ3n) is 6.19. The fourth-order valence-corrected chi connectivity index (χ4v) is 4.34. The first-order valence-electron chi connectivity index (χ1n) is 11.8. The lowest BCUT2D eigenvalue weighted by Gasteiger charge is -2.17. The maximum absolute atomic E-state index is 15.1. The molecule has 38 heavy (non-hydrogen) atoms. The Balaban J connectivity index is 1.52. The van der Waals surface area contributed by atoms with E-state index in [9.17, 15) is 9.18 Å². The van der Waals surface area contributed by atoms with Crippen LogP contribution in [-0.4, -0.2) is 37.6 Å². The molecule has 0 aliphatic carbocycles. The Morgan fingerprint density at radius 3 is 2.71 bits per heavy atom. The van der Waals surface area contributed by atoms with Crippen molar-refractivity contribution < 1.29 is 13.5 Å². The van der Waals surface area contributed by atoms with Crippen molar-refractivity contribution in [2.24, 2.45) is 4.99 Å². The summed E-state index contributed by atoms with van der Waals surface area (Å²) in [6.45, 7) is 3.58. The van der Waals surface area contributed by atoms with Crippen LogP contribution in [0.1, 0.15) is 28.1 Å². The van der Waals surface area contributed by atoms with Gasteiger partial charge in [0, 0.05) is 47.4 Å². The molecule has 8 nitrogen and oxygen atoms in total. The number of para-hydroxylation sites is 1. The van der Waals surface area contributed by atoms with Gasteiger partial charge < -0.3 is 9.30 Å². The first-order chi connectivity index (χ1) is 18.4. The number of halogens is 2. The van der Waals surface area contributed by atoms with Gasteiger partial charge in [-0.2, -0.15) is 5.10 Å². The molecule has 5 aromatic rings. The van der Waals surface area contributed by atoms with Crippen LogP contribution in [0.2, 0.25) is 0 Å². The van der Waals surface area contributed by atoms with Crippen molar-refractivity contribution in [1.29, 1.82) is 0 Å². The van der Waals surface area contributed by atoms with Crippen LogP contribution in [-0.2, 0) is 13.2 Å². The maximum atomic E-state index is 15.1. The van der Waals surface area contributed by atoms with Gasteiger partial charge in [-0.25, -0.2) is 18.4 Å². The highest BCUT2D eigenvalue weighted by Gasteiger charge is 2.17. The second-order valence-electron chi connectivity index (χ2n) is 8.76. The van der Waals surface area contributed by atoms with Gasteiger partial charge in [0.2, 0.25) is 0 Å². The van der Waals surface area contributed by atoms with Crippen LogP contribution >= 0.6 is 0 Å². The molecule has 0 fully saturated rings. The van der Waals surface area contributed by atoms with Crippen molar-refractivity contribution in [1.82, 2.24) is 24.3 Å². The van der Waals surface area contributed by atoms with E-state index in [1.54, 1.807) is 50.5 Å². The minimum absolute atomic E-state index is 0.113. The normalized spacial score (nSPS) is 11.5. The molecule has 0 atom stereocenters. The number of hydrogen-bond acceptors (Lipinski definition) is 6. The number of ether oxygens (including phenoxy) is 1. The van der Waals surface area contributed by atoms with Crippen LogP contribution in [0.15, 0.2) is 71.0 Å². The highest BCUT2D eigenvalue weighted by molar-refractivity contribution is 5.91. The van der Waals surface area contributed by atoms with Gasteiger partial charge in [0.05, 0.1) is 36.4 Å². The molecule has 0 saturated carbocycles. The summed E-state index contributed by atoms with van der Waals surface area (Å²) in [6.07, 6.45) is 6.69. The molecule has 4 aromatic heterocycles. The molecule has 0 aliphatic rings. The van der Waals surface area contributed by atoms with Gasteiger partial charge in [0.25, 0.3) is 5.56 Å². The summed E-state index contributed by atoms with van der Waals surface area (Å²) < 4.78 is 37.8. The first kappa shape index (κ1) is 24.9. The Labute approximate surface area is 216 Å². The molecule has 1 aromatic carbocycles. The van der Waals surface area contributed by atoms with Crippen LogP contribution in [0.5, 0.6) is 5.75 Å². The van der Waals surface area contributed by atoms with E-state index in [0.717, 1.165) is 12.4 Å². The van der Waals surface area contributed by atoms with E-state index in [1.165, 1.54) is 21.7 Å². The summed E-state index contributed by atoms with van der Waals surface area (Å²) in [5.74, 6) is -0.567. The number of fused-ring (bicyclic) bond motifs is 1. The Kier molecular flexibility index (Phi) is 6.78. The fraction of sp³-hybridized carbons (Fsp3) is 0.179. The third-order valence-corrected chi connectivity index (χ3v) is 6.19. The molecule has 5 rings (SSSR count). The molecular formula is C28H24F2N6O2. The topological polar surface area (TPSA) is 87.2 Å². The van der Waals surface area contributed by atoms with Gasteiger partial charge in [-0.3, -0.25) is 14.8 Å². The average Bonchev–Trinajstić information content (AvgIpc) is 3.34. The molecule has 0 spiro atoms. The standard InChI is InChI=1S/C28H24F2N6O2/c1-17-10-25(36-14-20(29)12-33-36)21-7-4-8-26(27(21)34-17)38-16-23-22(18(2)32-13-24(23)30)15-35-9-5-6-19(11-31-3)28(35)37/h4-14H,15-16H2,1-3H3. The average molecular weight is 515 g/mol. The highest BCUT2D eigenvalue weighted by Crippen LogP contribution is 2.30. The lowest BCUT2D eigenvalue weighted by molar-refractivity contribution is 0.300. The van der Waals surface area contributed by atoms with E-state index < -0.39 is 11.6 Å². The van der Waals surface area contributed by atoms with Crippen molar-refractivity contribution in [3.05, 3.63) is 111 Å². The van der Waals surface area contributed by atoms with Gasteiger partial charge in [-0.05, 0) is 38.1 Å². The summed E-state index contributed by atoms with van der Waals surface area (Å²) in [6, 6.07) is 10.6. The van der Waals surface area contributed by atoms with Gasteiger partial charge in [0.1, 0.15) is 23.7 Å². The maximum Gasteiger partial charge on any atom is 0.259 e. The Morgan fingerprint density at radius 2 is 1.95 bits per heavy atom. The Hall–Kier alpha value is -4.73. The zero-order chi connectivity index (χ0) is 26.8. The molecule has 4 heterocycles. The first-order valence-corrected chi connectivity index (χ1v) is 11.8. The summed E-state index contributed by atoms with van der Waals surface area (Å²) in [5, 5.41) is 4.78. The summed E-state index contributed by atoms with van der Waals surface area (Å²) in [5.41, 5.74) is 3.47. The van der Waals surface area contributed by atoms with E-state index >= 15 is 4.39 Å². The minimum atomic E-state index is -0.540. The fourth-order valence-electron chi connectivity index (χ4n) is 4.34. The lowest BCUT2D eigenvalue weighted by atomic mass is 10.1. The van der Waals surface area contributed by atoms with E-state index in [2.05, 4.69) is 20.1 Å². The second kappa shape index (κ2) is 10.3. The number of rotatable bonds is 7. The molecule has 0 N–H and O–H groups in total. The molecular weight excluding hydrogens is 490 g/mol. The zero-order valence-electron chi connectivity index (χ0n) is 21.0. The van der Waals surface area contributed by atoms with Crippen molar-refractivity contribution in [2.75, 3.05) is 7.05 Å². The Bertz CT molecular complexity index is 1740. The monoisotopic (exact) mass is 514 g/mol. The number of benzene rings is 1. The molecule has 0 radical (unpaired) electrons. The number of nitrogens with zero attached hydrogens (tertiary/aromatic N) is 6. The van der Waals surface area contributed by atoms with Crippen molar-refractivity contribution in [3.63, 3.8) is 0 Å². The largest absolute Gasteiger partial charge is 0.486 e. The zero-order valence-corrected chi connectivity index (χ0v) is 21.0. The van der Waals surface area contributed by atoms with E-state index in [-0.39, 0.29) is 24.3 Å². The smallest absolute Gasteiger partial charge is 0.259 e. The molecule has 0 aliphatic heterocycles. The number of aryl methyl sites for hydroxylation is 2. The SMILES string of the molecule is CN=Cc1cccn(Cc2c(C)ncc(F)c2COc2cccc3c(-n4cc(F)cn4)cc(C)nc23)c1=O. The van der Waals surface area contributed by atoms with Gasteiger partial charge in [-0.1, -0.05) is 12.1 Å². The second-order valence-corrected chi connectivity index (χ2v) is 8.76. The van der Waals surface area contributed by atoms with Crippen LogP contribution in [0, 0.1) is 25.5 Å². The summed E-state index contributed by atoms with van der Waals surface area (Å²) in [7, 11) is 1.59. The Morgan fingerprint density at radius 1 is 1.11 bits per heavy atom. The van der Waals surface area contributed by atoms with Crippen LogP contribution < -0.4 is 10.3 Å². The molecule has 0 saturated heterocycles. The van der Waals surface area contributed by atoms with Gasteiger partial charge in [-0.15, -0.1) is 0 Å². The molecule has 10 heteroatoms. The number of hydrogen-bond donors (Lipinski definition) is 0. The predicted octanol–water partition coefficient (Wildman–Crippen LogP) is 4.55. The lowest BCUT2D eigenvalue weighted by Crippen LogP contribution is -2.24. The predicted molar refractivity (Wildman–Crippen MR) is 140 cm³/mol. The van der Waals surface area contributed by atoms with Gasteiger partial charge >= 0.3 is 0 Å². The van der Waals surface area contributed by atoms with Crippen LogP contribution in [0.4, 0.5) is 8.78 Å². The van der Waals surface area contributed by atoms with Gasteiger partial charge in [0.15, 0.2) is 5.82 Å². The third kappa shape index (κ3) is 4.80. The molecule has 0 unspecified atom stereocenters. The van der Waals surface area contributed by atoms with Crippen LogP contribution in [0.25, 0.3) is 16.6 Å². The van der Waals surface area contributed by atoms with E-state index in [4.69, 9.17) is 4.74 Å². The number of aromatic nitrogens is 5. The number of pyridine rings is 3. The number of aliphatic imine (C=N–C) groups is 1. The molecule has 192 valence electrons. The van der Waals surface area contributed by atoms with Crippen molar-refractivity contribution >= 4 is 17.1 Å². The van der Waals surface area contributed by atoms with Crippen LogP contribution in [0.3, 0.4) is 0 Å². The minimum Gasteiger partial charge on any atom is -0.486 e. The van der Waals surface area contributed by atoms with E-state index in [0.29, 0.717) is 44.9 Å². The quantitative estimate of drug-likeness (QED) is 0.298. The highest BCUT2D eigenvalue weighted by atomic mass is 19.1.